The first-order chi connectivity index (χ1) is 10.3. The smallest absolute Gasteiger partial charge is 0.211 e. The van der Waals surface area contributed by atoms with Gasteiger partial charge in [-0.15, -0.1) is 11.3 Å². The van der Waals surface area contributed by atoms with Crippen LogP contribution in [-0.2, 0) is 16.6 Å². The van der Waals surface area contributed by atoms with Crippen molar-refractivity contribution in [2.45, 2.75) is 32.4 Å². The fraction of sp³-hybridized carbons (Fsp3) is 0.667. The van der Waals surface area contributed by atoms with Crippen LogP contribution >= 0.6 is 11.3 Å². The Morgan fingerprint density at radius 3 is 2.73 bits per heavy atom. The molecule has 4 rings (SSSR count). The van der Waals surface area contributed by atoms with Crippen LogP contribution in [0.1, 0.15) is 35.0 Å². The Hall–Kier alpha value is -0.760. The lowest BCUT2D eigenvalue weighted by Crippen LogP contribution is -2.43. The van der Waals surface area contributed by atoms with E-state index in [9.17, 15) is 13.2 Å². The second-order valence-electron chi connectivity index (χ2n) is 6.48. The highest BCUT2D eigenvalue weighted by molar-refractivity contribution is 7.88. The lowest BCUT2D eigenvalue weighted by atomic mass is 9.95. The monoisotopic (exact) mass is 342 g/mol. The highest BCUT2D eigenvalue weighted by Gasteiger charge is 2.37. The minimum atomic E-state index is -3.11. The number of carbonyl (C=O) groups is 1. The molecule has 0 aliphatic carbocycles. The van der Waals surface area contributed by atoms with Gasteiger partial charge in [0.25, 0.3) is 0 Å². The molecule has 0 unspecified atom stereocenters. The predicted octanol–water partition coefficient (Wildman–Crippen LogP) is 1.81. The molecule has 2 bridgehead atoms. The van der Waals surface area contributed by atoms with Crippen molar-refractivity contribution in [3.63, 3.8) is 0 Å². The average molecular weight is 342 g/mol. The minimum Gasteiger partial charge on any atom is -0.294 e. The number of ketones is 1. The highest BCUT2D eigenvalue weighted by atomic mass is 32.2. The summed E-state index contributed by atoms with van der Waals surface area (Å²) in [5, 5.41) is 2.05. The van der Waals surface area contributed by atoms with Gasteiger partial charge in [0.15, 0.2) is 5.78 Å². The first-order valence-electron chi connectivity index (χ1n) is 7.60. The summed E-state index contributed by atoms with van der Waals surface area (Å²) in [6.45, 7) is 4.59. The third kappa shape index (κ3) is 3.42. The zero-order valence-corrected chi connectivity index (χ0v) is 14.6. The summed E-state index contributed by atoms with van der Waals surface area (Å²) in [7, 11) is -3.11. The third-order valence-corrected chi connectivity index (χ3v) is 6.96. The van der Waals surface area contributed by atoms with E-state index in [-0.39, 0.29) is 11.8 Å². The normalized spacial score (nSPS) is 27.0. The Kier molecular flexibility index (Phi) is 4.42. The topological polar surface area (TPSA) is 57.7 Å². The van der Waals surface area contributed by atoms with Gasteiger partial charge in [-0.2, -0.15) is 0 Å². The minimum absolute atomic E-state index is 0.108. The van der Waals surface area contributed by atoms with Gasteiger partial charge in [-0.1, -0.05) is 0 Å². The second kappa shape index (κ2) is 6.03. The molecule has 0 spiro atoms. The van der Waals surface area contributed by atoms with E-state index in [2.05, 4.69) is 4.90 Å². The Balaban J connectivity index is 1.74. The summed E-state index contributed by atoms with van der Waals surface area (Å²) in [6, 6.07) is 2.26. The zero-order valence-electron chi connectivity index (χ0n) is 13.0. The molecule has 4 heterocycles. The van der Waals surface area contributed by atoms with E-state index in [1.54, 1.807) is 11.2 Å². The first kappa shape index (κ1) is 16.1. The molecule has 0 amide bonds. The zero-order chi connectivity index (χ0) is 15.9. The van der Waals surface area contributed by atoms with Crippen molar-refractivity contribution in [3.8, 4) is 0 Å². The molecule has 3 aliphatic heterocycles. The average Bonchev–Trinajstić information content (AvgIpc) is 2.69. The summed E-state index contributed by atoms with van der Waals surface area (Å²) in [5.74, 6) is 0.524. The van der Waals surface area contributed by atoms with E-state index in [0.29, 0.717) is 19.0 Å². The number of sulfonamides is 1. The van der Waals surface area contributed by atoms with Crippen molar-refractivity contribution >= 4 is 27.1 Å². The number of fused-ring (bicyclic) bond motifs is 4. The Bertz CT molecular complexity index is 668. The highest BCUT2D eigenvalue weighted by Crippen LogP contribution is 2.30. The molecule has 7 heteroatoms. The number of carbonyl (C=O) groups excluding carboxylic acids is 1. The van der Waals surface area contributed by atoms with Gasteiger partial charge in [-0.05, 0) is 42.7 Å². The van der Waals surface area contributed by atoms with Gasteiger partial charge in [-0.25, -0.2) is 12.7 Å². The number of piperidine rings is 1. The van der Waals surface area contributed by atoms with Crippen molar-refractivity contribution in [2.24, 2.45) is 5.92 Å². The molecular weight excluding hydrogens is 320 g/mol. The van der Waals surface area contributed by atoms with E-state index >= 15 is 0 Å². The number of hydrogen-bond donors (Lipinski definition) is 0. The number of hydrogen-bond acceptors (Lipinski definition) is 5. The Morgan fingerprint density at radius 2 is 2.09 bits per heavy atom. The van der Waals surface area contributed by atoms with Crippen LogP contribution in [0.15, 0.2) is 11.4 Å². The summed E-state index contributed by atoms with van der Waals surface area (Å²) < 4.78 is 25.4. The molecule has 3 fully saturated rings. The van der Waals surface area contributed by atoms with Crippen LogP contribution in [0.2, 0.25) is 0 Å². The van der Waals surface area contributed by atoms with Crippen LogP contribution in [0, 0.1) is 5.92 Å². The summed E-state index contributed by atoms with van der Waals surface area (Å²) in [4.78, 5) is 14.6. The van der Waals surface area contributed by atoms with Gasteiger partial charge >= 0.3 is 0 Å². The van der Waals surface area contributed by atoms with Crippen LogP contribution in [0.3, 0.4) is 0 Å². The number of thiophene rings is 1. The molecule has 0 saturated carbocycles. The molecule has 0 aromatic carbocycles. The van der Waals surface area contributed by atoms with Gasteiger partial charge in [-0.3, -0.25) is 9.69 Å². The molecule has 2 atom stereocenters. The Labute approximate surface area is 136 Å². The van der Waals surface area contributed by atoms with Gasteiger partial charge in [0.1, 0.15) is 0 Å². The number of rotatable bonds is 4. The quantitative estimate of drug-likeness (QED) is 0.783. The van der Waals surface area contributed by atoms with Crippen molar-refractivity contribution in [1.82, 2.24) is 9.21 Å². The number of nitrogens with zero attached hydrogens (tertiary/aromatic N) is 2. The van der Waals surface area contributed by atoms with E-state index in [4.69, 9.17) is 0 Å². The molecule has 122 valence electrons. The van der Waals surface area contributed by atoms with E-state index in [1.807, 2.05) is 11.4 Å². The molecule has 0 N–H and O–H groups in total. The second-order valence-corrected chi connectivity index (χ2v) is 9.38. The van der Waals surface area contributed by atoms with Crippen LogP contribution in [0.4, 0.5) is 0 Å². The maximum absolute atomic E-state index is 11.9. The van der Waals surface area contributed by atoms with E-state index in [1.165, 1.54) is 17.6 Å². The SMILES string of the molecule is CC(=O)c1cc(CN2C[C@@H]3CC[C@H]2CN(S(C)(=O)=O)C3)cs1. The van der Waals surface area contributed by atoms with Gasteiger partial charge in [0.05, 0.1) is 11.1 Å². The molecular formula is C15H22N2O3S2. The fourth-order valence-electron chi connectivity index (χ4n) is 3.48. The predicted molar refractivity (Wildman–Crippen MR) is 87.7 cm³/mol. The van der Waals surface area contributed by atoms with E-state index < -0.39 is 10.0 Å². The lowest BCUT2D eigenvalue weighted by molar-refractivity contribution is 0.102. The largest absolute Gasteiger partial charge is 0.294 e. The first-order valence-corrected chi connectivity index (χ1v) is 10.3. The third-order valence-electron chi connectivity index (χ3n) is 4.65. The number of Topliss-reactive ketones (excluding diaryl/α,β-unsaturated/α-hetero) is 1. The van der Waals surface area contributed by atoms with Crippen LogP contribution < -0.4 is 0 Å². The molecule has 1 aromatic rings. The van der Waals surface area contributed by atoms with Gasteiger partial charge in [0, 0.05) is 32.2 Å². The standard InChI is InChI=1S/C15H22N2O3S2/c1-11(18)15-5-13(10-21-15)7-16-6-12-3-4-14(16)9-17(8-12)22(2,19)20/h5,10,12,14H,3-4,6-9H2,1-2H3/t12-,14-/m0/s1. The molecule has 1 aromatic heterocycles. The fourth-order valence-corrected chi connectivity index (χ4v) is 5.21. The summed E-state index contributed by atoms with van der Waals surface area (Å²) in [5.41, 5.74) is 1.16. The van der Waals surface area contributed by atoms with Crippen LogP contribution in [0.5, 0.6) is 0 Å². The maximum atomic E-state index is 11.9. The molecule has 3 saturated heterocycles. The Morgan fingerprint density at radius 1 is 1.32 bits per heavy atom. The van der Waals surface area contributed by atoms with Crippen LogP contribution in [-0.4, -0.2) is 55.3 Å². The van der Waals surface area contributed by atoms with Crippen molar-refractivity contribution < 1.29 is 13.2 Å². The van der Waals surface area contributed by atoms with Crippen LogP contribution in [0.25, 0.3) is 0 Å². The molecule has 3 aliphatic rings. The molecule has 5 nitrogen and oxygen atoms in total. The van der Waals surface area contributed by atoms with Gasteiger partial charge in [0.2, 0.25) is 10.0 Å². The summed E-state index contributed by atoms with van der Waals surface area (Å²) >= 11 is 1.49. The molecule has 0 radical (unpaired) electrons. The van der Waals surface area contributed by atoms with Crippen molar-refractivity contribution in [3.05, 3.63) is 21.9 Å². The molecule has 22 heavy (non-hydrogen) atoms. The van der Waals surface area contributed by atoms with Crippen molar-refractivity contribution in [2.75, 3.05) is 25.9 Å². The van der Waals surface area contributed by atoms with Crippen molar-refractivity contribution in [1.29, 1.82) is 0 Å². The van der Waals surface area contributed by atoms with Gasteiger partial charge < -0.3 is 0 Å². The lowest BCUT2D eigenvalue weighted by Gasteiger charge is -2.35. The maximum Gasteiger partial charge on any atom is 0.211 e. The summed E-state index contributed by atoms with van der Waals surface area (Å²) in [6.07, 6.45) is 3.47. The van der Waals surface area contributed by atoms with E-state index in [0.717, 1.165) is 36.4 Å².